The van der Waals surface area contributed by atoms with Crippen LogP contribution in [0.2, 0.25) is 0 Å². The van der Waals surface area contributed by atoms with E-state index in [0.717, 1.165) is 45.8 Å². The molecule has 1 N–H and O–H groups in total. The molecule has 2 aliphatic heterocycles. The lowest BCUT2D eigenvalue weighted by Crippen LogP contribution is -2.35. The fraction of sp³-hybridized carbons (Fsp3) is 0.167. The minimum absolute atomic E-state index is 0.0437. The van der Waals surface area contributed by atoms with Crippen LogP contribution in [0.1, 0.15) is 22.9 Å². The number of rotatable bonds is 4. The Hall–Kier alpha value is -4.65. The molecule has 4 heterocycles. The Morgan fingerprint density at radius 3 is 2.49 bits per heavy atom. The van der Waals surface area contributed by atoms with E-state index in [4.69, 9.17) is 19.4 Å². The van der Waals surface area contributed by atoms with Gasteiger partial charge in [-0.3, -0.25) is 4.79 Å². The van der Waals surface area contributed by atoms with Crippen molar-refractivity contribution in [2.45, 2.75) is 25.1 Å². The average molecular weight is 489 g/mol. The van der Waals surface area contributed by atoms with Crippen LogP contribution in [0, 0.1) is 0 Å². The molecule has 0 fully saturated rings. The zero-order valence-electron chi connectivity index (χ0n) is 20.2. The number of methoxy groups -OCH3 is 1. The molecule has 5 aromatic rings. The van der Waals surface area contributed by atoms with Gasteiger partial charge in [0.05, 0.1) is 19.3 Å². The van der Waals surface area contributed by atoms with Gasteiger partial charge < -0.3 is 19.4 Å². The molecule has 0 amide bonds. The fourth-order valence-electron chi connectivity index (χ4n) is 5.50. The monoisotopic (exact) mass is 488 g/mol. The molecule has 0 spiro atoms. The van der Waals surface area contributed by atoms with Gasteiger partial charge in [0.15, 0.2) is 5.43 Å². The van der Waals surface area contributed by atoms with E-state index in [-0.39, 0.29) is 17.6 Å². The average Bonchev–Trinajstić information content (AvgIpc) is 3.55. The summed E-state index contributed by atoms with van der Waals surface area (Å²) in [6, 6.07) is 23.3. The molecule has 37 heavy (non-hydrogen) atoms. The number of aromatic amines is 1. The van der Waals surface area contributed by atoms with E-state index in [1.807, 2.05) is 79.1 Å². The second-order valence-electron chi connectivity index (χ2n) is 9.43. The van der Waals surface area contributed by atoms with Crippen molar-refractivity contribution in [2.24, 2.45) is 0 Å². The highest BCUT2D eigenvalue weighted by Crippen LogP contribution is 2.42. The maximum absolute atomic E-state index is 13.5. The van der Waals surface area contributed by atoms with Crippen LogP contribution in [-0.4, -0.2) is 28.2 Å². The summed E-state index contributed by atoms with van der Waals surface area (Å²) >= 11 is 0. The molecule has 7 heteroatoms. The normalized spacial score (nSPS) is 17.9. The van der Waals surface area contributed by atoms with Gasteiger partial charge in [0.25, 0.3) is 0 Å². The summed E-state index contributed by atoms with van der Waals surface area (Å²) in [6.07, 6.45) is 4.22. The molecule has 2 aromatic heterocycles. The quantitative estimate of drug-likeness (QED) is 0.381. The molecule has 2 atom stereocenters. The summed E-state index contributed by atoms with van der Waals surface area (Å²) in [7, 11) is 1.65. The highest BCUT2D eigenvalue weighted by Gasteiger charge is 2.43. The number of hydrogen-bond donors (Lipinski definition) is 1. The summed E-state index contributed by atoms with van der Waals surface area (Å²) < 4.78 is 11.7. The van der Waals surface area contributed by atoms with Crippen molar-refractivity contribution in [1.29, 1.82) is 0 Å². The van der Waals surface area contributed by atoms with Gasteiger partial charge in [-0.15, -0.1) is 0 Å². The number of fused-ring (bicyclic) bond motifs is 3. The first-order valence-electron chi connectivity index (χ1n) is 12.3. The Morgan fingerprint density at radius 1 is 0.946 bits per heavy atom. The topological polar surface area (TPSA) is 80.3 Å². The van der Waals surface area contributed by atoms with Gasteiger partial charge in [-0.2, -0.15) is 0 Å². The molecule has 7 rings (SSSR count). The number of nitrogens with one attached hydrogen (secondary N) is 1. The molecular formula is C30H24N4O3. The first kappa shape index (κ1) is 21.6. The third kappa shape index (κ3) is 3.54. The number of H-pyrrole nitrogens is 1. The number of pyridine rings is 1. The predicted octanol–water partition coefficient (Wildman–Crippen LogP) is 5.06. The molecule has 2 aliphatic rings. The SMILES string of the molecule is COc1ccc(-c2cnc(N3Cc4c([nH]c5ccccc5c4=O)[C@@H]3C3Cc4ccccc4O3)nc2)cc1. The Kier molecular flexibility index (Phi) is 4.96. The molecule has 0 aliphatic carbocycles. The number of anilines is 1. The predicted molar refractivity (Wildman–Crippen MR) is 142 cm³/mol. The van der Waals surface area contributed by atoms with Gasteiger partial charge in [0.2, 0.25) is 5.95 Å². The van der Waals surface area contributed by atoms with Crippen LogP contribution < -0.4 is 19.8 Å². The van der Waals surface area contributed by atoms with Gasteiger partial charge in [-0.05, 0) is 41.5 Å². The van der Waals surface area contributed by atoms with E-state index < -0.39 is 0 Å². The number of nitrogens with zero attached hydrogens (tertiary/aromatic N) is 3. The molecule has 0 saturated heterocycles. The van der Waals surface area contributed by atoms with Crippen molar-refractivity contribution in [3.05, 3.63) is 112 Å². The molecule has 3 aromatic carbocycles. The van der Waals surface area contributed by atoms with Crippen LogP contribution in [0.15, 0.2) is 90.0 Å². The molecule has 182 valence electrons. The smallest absolute Gasteiger partial charge is 0.226 e. The number of benzene rings is 3. The second kappa shape index (κ2) is 8.48. The van der Waals surface area contributed by atoms with Crippen LogP contribution in [0.4, 0.5) is 5.95 Å². The standard InChI is InChI=1S/C30H24N4O3/c1-36-21-12-10-18(11-13-21)20-15-31-30(32-16-20)34-17-23-27(33-24-8-4-3-7-22(24)29(23)35)28(34)26-14-19-6-2-5-9-25(19)37-26/h2-13,15-16,26,28H,14,17H2,1H3,(H,33,35)/t26?,28-/m0/s1. The van der Waals surface area contributed by atoms with E-state index in [9.17, 15) is 4.79 Å². The van der Waals surface area contributed by atoms with Crippen molar-refractivity contribution in [3.63, 3.8) is 0 Å². The van der Waals surface area contributed by atoms with Gasteiger partial charge in [0.1, 0.15) is 23.6 Å². The third-order valence-electron chi connectivity index (χ3n) is 7.34. The van der Waals surface area contributed by atoms with Crippen LogP contribution in [0.3, 0.4) is 0 Å². The van der Waals surface area contributed by atoms with Crippen molar-refractivity contribution >= 4 is 16.9 Å². The van der Waals surface area contributed by atoms with Crippen molar-refractivity contribution in [3.8, 4) is 22.6 Å². The Bertz CT molecular complexity index is 1650. The molecule has 7 nitrogen and oxygen atoms in total. The van der Waals surface area contributed by atoms with Gasteiger partial charge in [-0.25, -0.2) is 9.97 Å². The van der Waals surface area contributed by atoms with Crippen LogP contribution >= 0.6 is 0 Å². The van der Waals surface area contributed by atoms with Crippen LogP contribution in [0.5, 0.6) is 11.5 Å². The first-order valence-corrected chi connectivity index (χ1v) is 12.3. The lowest BCUT2D eigenvalue weighted by molar-refractivity contribution is 0.195. The maximum Gasteiger partial charge on any atom is 0.226 e. The van der Waals surface area contributed by atoms with E-state index in [0.29, 0.717) is 17.9 Å². The Labute approximate surface area is 213 Å². The summed E-state index contributed by atoms with van der Waals surface area (Å²) in [5.74, 6) is 2.25. The van der Waals surface area contributed by atoms with E-state index in [1.54, 1.807) is 7.11 Å². The Balaban J connectivity index is 1.30. The van der Waals surface area contributed by atoms with Gasteiger partial charge in [0, 0.05) is 40.8 Å². The van der Waals surface area contributed by atoms with Crippen molar-refractivity contribution in [1.82, 2.24) is 15.0 Å². The number of ether oxygens (including phenoxy) is 2. The maximum atomic E-state index is 13.5. The van der Waals surface area contributed by atoms with E-state index in [1.165, 1.54) is 5.56 Å². The molecule has 0 radical (unpaired) electrons. The molecular weight excluding hydrogens is 464 g/mol. The van der Waals surface area contributed by atoms with E-state index >= 15 is 0 Å². The number of aromatic nitrogens is 3. The summed E-state index contributed by atoms with van der Waals surface area (Å²) in [5, 5.41) is 0.688. The van der Waals surface area contributed by atoms with Crippen LogP contribution in [0.25, 0.3) is 22.0 Å². The first-order chi connectivity index (χ1) is 18.2. The second-order valence-corrected chi connectivity index (χ2v) is 9.43. The lowest BCUT2D eigenvalue weighted by atomic mass is 10.00. The Morgan fingerprint density at radius 2 is 1.70 bits per heavy atom. The number of hydrogen-bond acceptors (Lipinski definition) is 6. The van der Waals surface area contributed by atoms with E-state index in [2.05, 4.69) is 16.0 Å². The van der Waals surface area contributed by atoms with Gasteiger partial charge >= 0.3 is 0 Å². The largest absolute Gasteiger partial charge is 0.497 e. The molecule has 1 unspecified atom stereocenters. The summed E-state index contributed by atoms with van der Waals surface area (Å²) in [5.41, 5.74) is 5.57. The third-order valence-corrected chi connectivity index (χ3v) is 7.34. The van der Waals surface area contributed by atoms with Crippen molar-refractivity contribution in [2.75, 3.05) is 12.0 Å². The minimum atomic E-state index is -0.230. The summed E-state index contributed by atoms with van der Waals surface area (Å²) in [4.78, 5) is 28.7. The highest BCUT2D eigenvalue weighted by atomic mass is 16.5. The minimum Gasteiger partial charge on any atom is -0.497 e. The molecule has 0 bridgehead atoms. The lowest BCUT2D eigenvalue weighted by Gasteiger charge is -2.29. The zero-order valence-corrected chi connectivity index (χ0v) is 20.2. The van der Waals surface area contributed by atoms with Gasteiger partial charge in [-0.1, -0.05) is 42.5 Å². The van der Waals surface area contributed by atoms with Crippen molar-refractivity contribution < 1.29 is 9.47 Å². The highest BCUT2D eigenvalue weighted by molar-refractivity contribution is 5.80. The number of para-hydroxylation sites is 2. The molecule has 0 saturated carbocycles. The zero-order chi connectivity index (χ0) is 24.9. The fourth-order valence-corrected chi connectivity index (χ4v) is 5.50. The summed E-state index contributed by atoms with van der Waals surface area (Å²) in [6.45, 7) is 0.415. The van der Waals surface area contributed by atoms with Crippen LogP contribution in [-0.2, 0) is 13.0 Å².